The maximum absolute atomic E-state index is 14.3. The van der Waals surface area contributed by atoms with E-state index in [0.29, 0.717) is 103 Å². The number of nitrogens with one attached hydrogen (secondary N) is 9. The molecule has 0 bridgehead atoms. The number of aliphatic hydroxyl groups is 9. The SMILES string of the molecule is CCCNC(=O)CCCC(=O)NCCCCC(C(=O)NCCCNC(=O)CCCCCO[C@@H]1OC(CO)[C@H](O)[C@H](O)C1C)C(CC(=O)NCCCNC(=O)CCCCCO[C@@H]1OC(CO)[C@H](O)[C@H](O)C1C)CC(=O)NCCCNC(=O)CCCCCO[C@@H]1OC(CO)[C@H](O)[C@H](O)C1NC(C)=O. The smallest absolute Gasteiger partial charge is 0.223 e. The Kier molecular flexibility index (Phi) is 46.8. The summed E-state index contributed by atoms with van der Waals surface area (Å²) in [4.78, 5) is 117. The minimum Gasteiger partial charge on any atom is -0.394 e. The lowest BCUT2D eigenvalue weighted by Gasteiger charge is -2.42. The zero-order valence-electron chi connectivity index (χ0n) is 59.8. The second-order valence-corrected chi connectivity index (χ2v) is 26.5. The molecule has 0 radical (unpaired) electrons. The lowest BCUT2D eigenvalue weighted by Crippen LogP contribution is -2.64. The summed E-state index contributed by atoms with van der Waals surface area (Å²) < 4.78 is 34.1. The van der Waals surface area contributed by atoms with Crippen LogP contribution in [0.2, 0.25) is 0 Å². The monoisotopic (exact) mass is 1450 g/mol. The standard InChI is InChI=1S/C68H123N9O24/c1-5-27-69-54(85)25-17-26-55(86)70-28-13-12-21-47(65(95)76-34-20-31-73-53(84)23-10-7-15-36-97-67-44(3)60(90)62(92)49(41-79)100-67)46(38-56(87)74-32-18-29-71-51(82)22-9-6-14-35-96-66-43(2)59(89)61(91)48(40-78)99-66)39-57(88)75-33-19-30-72-52(83)24-11-8-16-37-98-68-58(77-45(4)81)64(94)63(93)50(42-80)101-68/h43-44,46-50,58-64,66-68,78-80,89-94H,5-42H2,1-4H3,(H,69,85)(H,70,86)(H,71,82)(H,72,83)(H,73,84)(H,74,87)(H,75,88)(H,76,95)(H,77,81)/t43?,44?,46?,47?,48?,49?,50?,58?,59-,60-,61+,62+,63+,64-,66-,67-,68-/m1/s1. The summed E-state index contributed by atoms with van der Waals surface area (Å²) >= 11 is 0. The Hall–Kier alpha value is -5.37. The summed E-state index contributed by atoms with van der Waals surface area (Å²) in [6.07, 6.45) is -4.30. The quantitative estimate of drug-likeness (QED) is 0.0284. The molecule has 8 unspecified atom stereocenters. The summed E-state index contributed by atoms with van der Waals surface area (Å²) in [5, 5.41) is 116. The second kappa shape index (κ2) is 52.6. The first-order valence-corrected chi connectivity index (χ1v) is 36.6. The van der Waals surface area contributed by atoms with E-state index < -0.39 is 147 Å². The van der Waals surface area contributed by atoms with Crippen molar-refractivity contribution in [3.8, 4) is 0 Å². The molecule has 18 N–H and O–H groups in total. The van der Waals surface area contributed by atoms with Crippen molar-refractivity contribution in [3.63, 3.8) is 0 Å². The highest BCUT2D eigenvalue weighted by atomic mass is 16.7. The van der Waals surface area contributed by atoms with E-state index in [0.717, 1.165) is 6.42 Å². The van der Waals surface area contributed by atoms with Crippen molar-refractivity contribution in [2.24, 2.45) is 23.7 Å². The van der Waals surface area contributed by atoms with Crippen molar-refractivity contribution < 1.29 is 118 Å². The van der Waals surface area contributed by atoms with E-state index >= 15 is 0 Å². The van der Waals surface area contributed by atoms with E-state index in [-0.39, 0.29) is 147 Å². The molecule has 0 aromatic rings. The van der Waals surface area contributed by atoms with Gasteiger partial charge in [-0.2, -0.15) is 0 Å². The van der Waals surface area contributed by atoms with E-state index in [9.17, 15) is 89.1 Å². The van der Waals surface area contributed by atoms with E-state index in [1.165, 1.54) is 6.92 Å². The maximum Gasteiger partial charge on any atom is 0.223 e. The summed E-state index contributed by atoms with van der Waals surface area (Å²) in [5.74, 6) is -5.47. The van der Waals surface area contributed by atoms with Crippen molar-refractivity contribution in [2.45, 2.75) is 262 Å². The third-order valence-corrected chi connectivity index (χ3v) is 18.0. The largest absolute Gasteiger partial charge is 0.394 e. The number of aliphatic hydroxyl groups excluding tert-OH is 9. The zero-order valence-corrected chi connectivity index (χ0v) is 59.8. The molecule has 17 atom stereocenters. The number of carbonyl (C=O) groups excluding carboxylic acids is 9. The molecule has 0 aliphatic carbocycles. The predicted molar refractivity (Wildman–Crippen MR) is 365 cm³/mol. The normalized spacial score (nSPS) is 25.6. The average molecular weight is 1450 g/mol. The Morgan fingerprint density at radius 1 is 0.376 bits per heavy atom. The Morgan fingerprint density at radius 2 is 0.713 bits per heavy atom. The first kappa shape index (κ1) is 89.8. The molecule has 3 heterocycles. The maximum atomic E-state index is 14.3. The summed E-state index contributed by atoms with van der Waals surface area (Å²) in [7, 11) is 0. The van der Waals surface area contributed by atoms with E-state index in [1.54, 1.807) is 13.8 Å². The van der Waals surface area contributed by atoms with Gasteiger partial charge in [0, 0.05) is 142 Å². The van der Waals surface area contributed by atoms with Gasteiger partial charge in [0.25, 0.3) is 0 Å². The molecule has 9 amide bonds. The molecule has 3 saturated heterocycles. The average Bonchev–Trinajstić information content (AvgIpc) is 0.821. The first-order valence-electron chi connectivity index (χ1n) is 36.6. The molecule has 33 heteroatoms. The number of amides is 9. The van der Waals surface area contributed by atoms with Crippen LogP contribution in [-0.2, 0) is 71.6 Å². The fourth-order valence-corrected chi connectivity index (χ4v) is 11.9. The van der Waals surface area contributed by atoms with Crippen LogP contribution < -0.4 is 47.9 Å². The third-order valence-electron chi connectivity index (χ3n) is 18.0. The molecule has 0 spiro atoms. The minimum atomic E-state index is -1.44. The van der Waals surface area contributed by atoms with Crippen molar-refractivity contribution >= 4 is 53.2 Å². The molecule has 3 fully saturated rings. The van der Waals surface area contributed by atoms with Crippen LogP contribution in [0.15, 0.2) is 0 Å². The van der Waals surface area contributed by atoms with Gasteiger partial charge in [-0.15, -0.1) is 0 Å². The van der Waals surface area contributed by atoms with Crippen LogP contribution in [-0.4, -0.2) is 271 Å². The van der Waals surface area contributed by atoms with Gasteiger partial charge >= 0.3 is 0 Å². The van der Waals surface area contributed by atoms with Crippen LogP contribution in [0.5, 0.6) is 0 Å². The Bertz CT molecular complexity index is 2390. The molecule has 101 heavy (non-hydrogen) atoms. The molecule has 584 valence electrons. The Balaban J connectivity index is 1.57. The van der Waals surface area contributed by atoms with Gasteiger partial charge in [0.15, 0.2) is 18.9 Å². The van der Waals surface area contributed by atoms with Gasteiger partial charge in [0.2, 0.25) is 53.2 Å². The van der Waals surface area contributed by atoms with Gasteiger partial charge < -0.3 is 122 Å². The van der Waals surface area contributed by atoms with Gasteiger partial charge in [0.1, 0.15) is 48.8 Å². The lowest BCUT2D eigenvalue weighted by molar-refractivity contribution is -0.282. The molecule has 3 rings (SSSR count). The summed E-state index contributed by atoms with van der Waals surface area (Å²) in [5.41, 5.74) is 0. The van der Waals surface area contributed by atoms with Gasteiger partial charge in [-0.05, 0) is 89.4 Å². The van der Waals surface area contributed by atoms with Crippen LogP contribution in [0.4, 0.5) is 0 Å². The fourth-order valence-electron chi connectivity index (χ4n) is 11.9. The van der Waals surface area contributed by atoms with Gasteiger partial charge in [-0.25, -0.2) is 0 Å². The topological polar surface area (TPSA) is 499 Å². The van der Waals surface area contributed by atoms with Crippen molar-refractivity contribution in [1.82, 2.24) is 47.9 Å². The molecule has 3 aliphatic rings. The van der Waals surface area contributed by atoms with Crippen molar-refractivity contribution in [1.29, 1.82) is 0 Å². The van der Waals surface area contributed by atoms with Crippen molar-refractivity contribution in [2.75, 3.05) is 92.0 Å². The number of rotatable bonds is 54. The summed E-state index contributed by atoms with van der Waals surface area (Å²) in [6.45, 7) is 7.72. The predicted octanol–water partition coefficient (Wildman–Crippen LogP) is -2.33. The molecule has 0 saturated carbocycles. The highest BCUT2D eigenvalue weighted by molar-refractivity contribution is 5.84. The number of hydrogen-bond donors (Lipinski definition) is 18. The molecular weight excluding hydrogens is 1330 g/mol. The molecule has 3 aliphatic heterocycles. The Labute approximate surface area is 593 Å². The lowest BCUT2D eigenvalue weighted by atomic mass is 9.82. The number of ether oxygens (including phenoxy) is 6. The number of unbranched alkanes of at least 4 members (excludes halogenated alkanes) is 7. The third kappa shape index (κ3) is 36.3. The van der Waals surface area contributed by atoms with Crippen LogP contribution in [0.3, 0.4) is 0 Å². The van der Waals surface area contributed by atoms with Crippen LogP contribution in [0, 0.1) is 23.7 Å². The fraction of sp³-hybridized carbons (Fsp3) is 0.868. The van der Waals surface area contributed by atoms with Gasteiger partial charge in [-0.3, -0.25) is 43.2 Å². The first-order chi connectivity index (χ1) is 48.5. The molecular formula is C68H123N9O24. The van der Waals surface area contributed by atoms with E-state index in [2.05, 4.69) is 47.9 Å². The summed E-state index contributed by atoms with van der Waals surface area (Å²) in [6, 6.07) is -1.07. The van der Waals surface area contributed by atoms with E-state index in [4.69, 9.17) is 28.4 Å². The van der Waals surface area contributed by atoms with Crippen LogP contribution in [0.1, 0.15) is 182 Å². The molecule has 0 aromatic carbocycles. The number of hydrogen-bond acceptors (Lipinski definition) is 24. The van der Waals surface area contributed by atoms with Crippen LogP contribution >= 0.6 is 0 Å². The number of carbonyl (C=O) groups is 9. The second-order valence-electron chi connectivity index (χ2n) is 26.5. The van der Waals surface area contributed by atoms with Crippen LogP contribution in [0.25, 0.3) is 0 Å². The van der Waals surface area contributed by atoms with Crippen molar-refractivity contribution in [3.05, 3.63) is 0 Å². The Morgan fingerprint density at radius 3 is 1.10 bits per heavy atom. The van der Waals surface area contributed by atoms with E-state index in [1.807, 2.05) is 6.92 Å². The zero-order chi connectivity index (χ0) is 74.5. The highest BCUT2D eigenvalue weighted by Gasteiger charge is 2.46. The minimum absolute atomic E-state index is 0.130. The molecule has 0 aromatic heterocycles. The molecule has 33 nitrogen and oxygen atoms in total. The van der Waals surface area contributed by atoms with Gasteiger partial charge in [-0.1, -0.05) is 46.5 Å². The van der Waals surface area contributed by atoms with Gasteiger partial charge in [0.05, 0.1) is 32.0 Å². The highest BCUT2D eigenvalue weighted by Crippen LogP contribution is 2.30.